The number of benzene rings is 2. The van der Waals surface area contributed by atoms with E-state index in [1.54, 1.807) is 46.5 Å². The first kappa shape index (κ1) is 23.2. The largest absolute Gasteiger partial charge is 0.508 e. The summed E-state index contributed by atoms with van der Waals surface area (Å²) in [4.78, 5) is 17.6. The van der Waals surface area contributed by atoms with Gasteiger partial charge in [0.05, 0.1) is 31.0 Å². The lowest BCUT2D eigenvalue weighted by Crippen LogP contribution is -2.39. The Balaban J connectivity index is 1.49. The molecule has 0 fully saturated rings. The second-order valence-corrected chi connectivity index (χ2v) is 9.13. The van der Waals surface area contributed by atoms with Crippen molar-refractivity contribution in [2.45, 2.75) is 19.1 Å². The molecule has 11 heteroatoms. The molecule has 0 aliphatic carbocycles. The van der Waals surface area contributed by atoms with Gasteiger partial charge in [0.25, 0.3) is 5.91 Å². The average molecular weight is 499 g/mol. The van der Waals surface area contributed by atoms with Gasteiger partial charge in [-0.2, -0.15) is 5.10 Å². The molecule has 4 N–H and O–H groups in total. The van der Waals surface area contributed by atoms with Gasteiger partial charge in [0.15, 0.2) is 0 Å². The van der Waals surface area contributed by atoms with E-state index in [0.29, 0.717) is 23.5 Å². The Bertz CT molecular complexity index is 1470. The molecule has 5 rings (SSSR count). The number of fused-ring (bicyclic) bond motifs is 1. The summed E-state index contributed by atoms with van der Waals surface area (Å²) in [6.07, 6.45) is 3.53. The fourth-order valence-corrected chi connectivity index (χ4v) is 4.83. The second-order valence-electron chi connectivity index (χ2n) is 8.15. The van der Waals surface area contributed by atoms with Crippen molar-refractivity contribution in [1.82, 2.24) is 9.78 Å². The number of amides is 1. The molecule has 0 saturated carbocycles. The second kappa shape index (κ2) is 9.96. The number of rotatable bonds is 7. The quantitative estimate of drug-likeness (QED) is 0.0823. The van der Waals surface area contributed by atoms with E-state index in [0.717, 1.165) is 26.7 Å². The van der Waals surface area contributed by atoms with Gasteiger partial charge >= 0.3 is 0 Å². The van der Waals surface area contributed by atoms with Crippen molar-refractivity contribution in [3.63, 3.8) is 0 Å². The third-order valence-electron chi connectivity index (χ3n) is 5.80. The number of carbonyl (C=O) groups is 1. The van der Waals surface area contributed by atoms with Crippen molar-refractivity contribution in [1.29, 1.82) is 0 Å². The Hall–Kier alpha value is -4.57. The molecule has 180 valence electrons. The smallest absolute Gasteiger partial charge is 0.273 e. The number of nitrogens with two attached hydrogens (primary N) is 1. The molecule has 10 nitrogen and oxygen atoms in total. The fraction of sp³-hybridized carbons (Fsp3) is 0.120. The summed E-state index contributed by atoms with van der Waals surface area (Å²) < 4.78 is 1.62. The molecule has 1 unspecified atom stereocenters. The SMILES string of the molecule is [N-]=[N+]=NCc1nn(Cc2ccc(O)cc2)cc1N(N)C(=O)C1=CC(c2cccs2)Nc2ccccc21. The minimum absolute atomic E-state index is 0.0651. The van der Waals surface area contributed by atoms with E-state index in [-0.39, 0.29) is 18.3 Å². The molecular formula is C25H22N8O2S. The minimum atomic E-state index is -0.406. The van der Waals surface area contributed by atoms with Gasteiger partial charge in [-0.1, -0.05) is 41.5 Å². The van der Waals surface area contributed by atoms with Gasteiger partial charge in [0.2, 0.25) is 0 Å². The van der Waals surface area contributed by atoms with Crippen LogP contribution >= 0.6 is 11.3 Å². The molecule has 0 bridgehead atoms. The molecule has 1 aliphatic rings. The van der Waals surface area contributed by atoms with Crippen LogP contribution in [0.3, 0.4) is 0 Å². The van der Waals surface area contributed by atoms with Crippen LogP contribution in [0.25, 0.3) is 16.0 Å². The predicted octanol–water partition coefficient (Wildman–Crippen LogP) is 4.97. The summed E-state index contributed by atoms with van der Waals surface area (Å²) in [7, 11) is 0. The third-order valence-corrected chi connectivity index (χ3v) is 6.76. The number of nitrogens with one attached hydrogen (secondary N) is 1. The van der Waals surface area contributed by atoms with E-state index in [9.17, 15) is 9.90 Å². The standard InChI is InChI=1S/C25H22N8O2S/c26-31-28-13-22-23(15-32(30-22)14-16-7-9-17(34)10-8-16)33(27)25(35)19-12-21(24-6-3-11-36-24)29-20-5-2-1-4-18(19)20/h1-12,15,21,29,34H,13-14,27H2. The zero-order valence-corrected chi connectivity index (χ0v) is 19.8. The lowest BCUT2D eigenvalue weighted by Gasteiger charge is -2.27. The highest BCUT2D eigenvalue weighted by Crippen LogP contribution is 2.37. The number of azide groups is 1. The Morgan fingerprint density at radius 3 is 2.78 bits per heavy atom. The molecule has 0 spiro atoms. The zero-order valence-electron chi connectivity index (χ0n) is 19.0. The number of hydrazine groups is 1. The van der Waals surface area contributed by atoms with Crippen LogP contribution in [0.1, 0.15) is 27.7 Å². The molecule has 1 amide bonds. The number of aromatic nitrogens is 2. The molecule has 1 atom stereocenters. The first-order valence-corrected chi connectivity index (χ1v) is 12.0. The molecule has 4 aromatic rings. The zero-order chi connectivity index (χ0) is 25.1. The number of carbonyl (C=O) groups excluding carboxylic acids is 1. The third kappa shape index (κ3) is 4.66. The lowest BCUT2D eigenvalue weighted by atomic mass is 9.95. The maximum absolute atomic E-state index is 13.7. The van der Waals surface area contributed by atoms with Crippen LogP contribution in [0.2, 0.25) is 0 Å². The van der Waals surface area contributed by atoms with Crippen molar-refractivity contribution >= 4 is 34.2 Å². The van der Waals surface area contributed by atoms with Crippen LogP contribution in [-0.4, -0.2) is 20.8 Å². The summed E-state index contributed by atoms with van der Waals surface area (Å²) >= 11 is 1.60. The molecular weight excluding hydrogens is 476 g/mol. The van der Waals surface area contributed by atoms with Crippen molar-refractivity contribution in [2.24, 2.45) is 11.0 Å². The molecule has 3 heterocycles. The van der Waals surface area contributed by atoms with Gasteiger partial charge in [-0.3, -0.25) is 9.48 Å². The van der Waals surface area contributed by atoms with E-state index in [1.165, 1.54) is 0 Å². The maximum atomic E-state index is 13.7. The van der Waals surface area contributed by atoms with Crippen LogP contribution in [0.5, 0.6) is 5.75 Å². The number of aromatic hydroxyl groups is 1. The van der Waals surface area contributed by atoms with Crippen LogP contribution in [0.15, 0.2) is 83.4 Å². The maximum Gasteiger partial charge on any atom is 0.273 e. The predicted molar refractivity (Wildman–Crippen MR) is 139 cm³/mol. The number of phenols is 1. The van der Waals surface area contributed by atoms with Gasteiger partial charge in [0, 0.05) is 26.6 Å². The van der Waals surface area contributed by atoms with Gasteiger partial charge in [0.1, 0.15) is 11.4 Å². The van der Waals surface area contributed by atoms with Crippen LogP contribution in [0, 0.1) is 0 Å². The van der Waals surface area contributed by atoms with Crippen LogP contribution in [0.4, 0.5) is 11.4 Å². The molecule has 2 aromatic heterocycles. The van der Waals surface area contributed by atoms with Gasteiger partial charge in [-0.15, -0.1) is 11.3 Å². The van der Waals surface area contributed by atoms with Crippen molar-refractivity contribution < 1.29 is 9.90 Å². The summed E-state index contributed by atoms with van der Waals surface area (Å²) in [5.74, 6) is 6.15. The van der Waals surface area contributed by atoms with Gasteiger partial charge < -0.3 is 10.4 Å². The first-order chi connectivity index (χ1) is 17.5. The fourth-order valence-electron chi connectivity index (χ4n) is 4.09. The van der Waals surface area contributed by atoms with E-state index >= 15 is 0 Å². The topological polar surface area (TPSA) is 145 Å². The number of thiophene rings is 1. The van der Waals surface area contributed by atoms with Gasteiger partial charge in [-0.25, -0.2) is 10.9 Å². The summed E-state index contributed by atoms with van der Waals surface area (Å²) in [6, 6.07) is 18.1. The Morgan fingerprint density at radius 2 is 2.03 bits per heavy atom. The number of phenolic OH excluding ortho intramolecular Hbond substituents is 1. The molecule has 1 aliphatic heterocycles. The number of hydrogen-bond donors (Lipinski definition) is 3. The normalized spacial score (nSPS) is 14.2. The monoisotopic (exact) mass is 498 g/mol. The van der Waals surface area contributed by atoms with Gasteiger partial charge in [-0.05, 0) is 46.8 Å². The highest BCUT2D eigenvalue weighted by atomic mass is 32.1. The van der Waals surface area contributed by atoms with E-state index in [4.69, 9.17) is 11.4 Å². The average Bonchev–Trinajstić information content (AvgIpc) is 3.58. The van der Waals surface area contributed by atoms with Crippen molar-refractivity contribution in [3.8, 4) is 5.75 Å². The molecule has 2 aromatic carbocycles. The molecule has 0 saturated heterocycles. The lowest BCUT2D eigenvalue weighted by molar-refractivity contribution is -0.113. The van der Waals surface area contributed by atoms with Crippen LogP contribution < -0.4 is 16.2 Å². The molecule has 0 radical (unpaired) electrons. The highest BCUT2D eigenvalue weighted by Gasteiger charge is 2.29. The van der Waals surface area contributed by atoms with Crippen LogP contribution in [-0.2, 0) is 17.9 Å². The minimum Gasteiger partial charge on any atom is -0.508 e. The van der Waals surface area contributed by atoms with E-state index in [1.807, 2.05) is 47.9 Å². The summed E-state index contributed by atoms with van der Waals surface area (Å²) in [5, 5.41) is 24.2. The van der Waals surface area contributed by atoms with E-state index in [2.05, 4.69) is 20.4 Å². The summed E-state index contributed by atoms with van der Waals surface area (Å²) in [6.45, 7) is 0.311. The molecule has 36 heavy (non-hydrogen) atoms. The number of hydrogen-bond acceptors (Lipinski definition) is 7. The highest BCUT2D eigenvalue weighted by molar-refractivity contribution is 7.10. The Labute approximate surface area is 210 Å². The Morgan fingerprint density at radius 1 is 1.22 bits per heavy atom. The summed E-state index contributed by atoms with van der Waals surface area (Å²) in [5.41, 5.74) is 12.5. The van der Waals surface area contributed by atoms with Crippen molar-refractivity contribution in [2.75, 3.05) is 10.3 Å². The number of anilines is 2. The van der Waals surface area contributed by atoms with Crippen molar-refractivity contribution in [3.05, 3.63) is 110 Å². The first-order valence-electron chi connectivity index (χ1n) is 11.1. The van der Waals surface area contributed by atoms with E-state index < -0.39 is 5.91 Å². The number of nitrogens with zero attached hydrogens (tertiary/aromatic N) is 6. The number of para-hydroxylation sites is 1. The Kier molecular flexibility index (Phi) is 6.42.